The summed E-state index contributed by atoms with van der Waals surface area (Å²) >= 11 is 0. The SMILES string of the molecule is CCCCCCCCCCCCCCCCCC(=O)NCC(C)C1=NCCN1. The standard InChI is InChI=1S/C24H47N3O/c1-3-4-5-6-7-8-9-10-11-12-13-14-15-16-17-18-23(28)27-21-22(2)24-25-19-20-26-24/h22H,3-21H2,1-2H3,(H,25,26)(H,27,28). The van der Waals surface area contributed by atoms with Gasteiger partial charge in [-0.3, -0.25) is 9.79 Å². The Morgan fingerprint density at radius 2 is 1.39 bits per heavy atom. The highest BCUT2D eigenvalue weighted by atomic mass is 16.1. The molecule has 4 heteroatoms. The highest BCUT2D eigenvalue weighted by Crippen LogP contribution is 2.13. The molecule has 1 amide bonds. The summed E-state index contributed by atoms with van der Waals surface area (Å²) in [5.74, 6) is 1.54. The summed E-state index contributed by atoms with van der Waals surface area (Å²) < 4.78 is 0. The molecule has 0 spiro atoms. The maximum atomic E-state index is 11.9. The molecule has 0 aromatic carbocycles. The van der Waals surface area contributed by atoms with Crippen LogP contribution < -0.4 is 10.6 Å². The maximum absolute atomic E-state index is 11.9. The average Bonchev–Trinajstić information content (AvgIpc) is 3.24. The van der Waals surface area contributed by atoms with Gasteiger partial charge in [0.05, 0.1) is 6.54 Å². The fourth-order valence-electron chi connectivity index (χ4n) is 3.86. The van der Waals surface area contributed by atoms with Gasteiger partial charge in [0, 0.05) is 25.4 Å². The number of nitrogens with one attached hydrogen (secondary N) is 2. The van der Waals surface area contributed by atoms with E-state index in [1.54, 1.807) is 0 Å². The predicted molar refractivity (Wildman–Crippen MR) is 122 cm³/mol. The molecule has 1 aliphatic rings. The van der Waals surface area contributed by atoms with Crippen LogP contribution in [0.3, 0.4) is 0 Å². The van der Waals surface area contributed by atoms with Gasteiger partial charge in [0.25, 0.3) is 0 Å². The summed E-state index contributed by atoms with van der Waals surface area (Å²) in [6.45, 7) is 6.90. The van der Waals surface area contributed by atoms with Crippen LogP contribution in [0.4, 0.5) is 0 Å². The number of amidine groups is 1. The Kier molecular flexibility index (Phi) is 16.1. The van der Waals surface area contributed by atoms with E-state index in [0.717, 1.165) is 25.3 Å². The fourth-order valence-corrected chi connectivity index (χ4v) is 3.86. The molecule has 0 fully saturated rings. The van der Waals surface area contributed by atoms with E-state index in [1.165, 1.54) is 89.9 Å². The zero-order valence-electron chi connectivity index (χ0n) is 18.9. The molecule has 164 valence electrons. The van der Waals surface area contributed by atoms with Crippen LogP contribution >= 0.6 is 0 Å². The van der Waals surface area contributed by atoms with Crippen LogP contribution in [0.15, 0.2) is 4.99 Å². The molecule has 0 aromatic heterocycles. The number of carbonyl (C=O) groups is 1. The van der Waals surface area contributed by atoms with Crippen molar-refractivity contribution in [2.75, 3.05) is 19.6 Å². The number of amides is 1. The minimum Gasteiger partial charge on any atom is -0.372 e. The molecule has 1 atom stereocenters. The van der Waals surface area contributed by atoms with Crippen molar-refractivity contribution < 1.29 is 4.79 Å². The summed E-state index contributed by atoms with van der Waals surface area (Å²) in [5, 5.41) is 6.33. The first-order chi connectivity index (χ1) is 13.7. The van der Waals surface area contributed by atoms with Crippen LogP contribution in [-0.4, -0.2) is 31.4 Å². The number of nitrogens with zero attached hydrogens (tertiary/aromatic N) is 1. The highest BCUT2D eigenvalue weighted by Gasteiger charge is 2.14. The first kappa shape index (κ1) is 25.0. The second-order valence-electron chi connectivity index (χ2n) is 8.60. The number of hydrogen-bond acceptors (Lipinski definition) is 3. The minimum absolute atomic E-state index is 0.195. The molecule has 0 aromatic rings. The van der Waals surface area contributed by atoms with Crippen molar-refractivity contribution in [3.05, 3.63) is 0 Å². The predicted octanol–water partition coefficient (Wildman–Crippen LogP) is 6.00. The number of rotatable bonds is 19. The Bertz CT molecular complexity index is 409. The molecular weight excluding hydrogens is 346 g/mol. The number of hydrogen-bond donors (Lipinski definition) is 2. The van der Waals surface area contributed by atoms with E-state index in [1.807, 2.05) is 0 Å². The van der Waals surface area contributed by atoms with Crippen LogP contribution in [0.25, 0.3) is 0 Å². The zero-order chi connectivity index (χ0) is 20.3. The fraction of sp³-hybridized carbons (Fsp3) is 0.917. The van der Waals surface area contributed by atoms with Crippen molar-refractivity contribution >= 4 is 11.7 Å². The summed E-state index contributed by atoms with van der Waals surface area (Å²) in [7, 11) is 0. The number of carbonyl (C=O) groups excluding carboxylic acids is 1. The lowest BCUT2D eigenvalue weighted by Crippen LogP contribution is -2.35. The molecule has 2 N–H and O–H groups in total. The van der Waals surface area contributed by atoms with Gasteiger partial charge in [-0.25, -0.2) is 0 Å². The Morgan fingerprint density at radius 3 is 1.86 bits per heavy atom. The van der Waals surface area contributed by atoms with E-state index in [0.29, 0.717) is 18.9 Å². The summed E-state index contributed by atoms with van der Waals surface area (Å²) in [4.78, 5) is 16.3. The van der Waals surface area contributed by atoms with Crippen LogP contribution in [-0.2, 0) is 4.79 Å². The van der Waals surface area contributed by atoms with Crippen LogP contribution in [0.1, 0.15) is 117 Å². The van der Waals surface area contributed by atoms with Gasteiger partial charge in [0.15, 0.2) is 0 Å². The largest absolute Gasteiger partial charge is 0.372 e. The minimum atomic E-state index is 0.195. The van der Waals surface area contributed by atoms with Crippen molar-refractivity contribution in [3.8, 4) is 0 Å². The Balaban J connectivity index is 1.77. The van der Waals surface area contributed by atoms with Crippen molar-refractivity contribution in [1.82, 2.24) is 10.6 Å². The van der Waals surface area contributed by atoms with Gasteiger partial charge < -0.3 is 10.6 Å². The summed E-state index contributed by atoms with van der Waals surface area (Å²) in [6.07, 6.45) is 21.1. The molecular formula is C24H47N3O. The Hall–Kier alpha value is -1.06. The van der Waals surface area contributed by atoms with Crippen LogP contribution in [0.5, 0.6) is 0 Å². The van der Waals surface area contributed by atoms with Crippen LogP contribution in [0.2, 0.25) is 0 Å². The molecule has 1 rings (SSSR count). The zero-order valence-corrected chi connectivity index (χ0v) is 18.9. The smallest absolute Gasteiger partial charge is 0.220 e. The second kappa shape index (κ2) is 18.0. The van der Waals surface area contributed by atoms with Gasteiger partial charge >= 0.3 is 0 Å². The van der Waals surface area contributed by atoms with E-state index in [-0.39, 0.29) is 5.91 Å². The lowest BCUT2D eigenvalue weighted by molar-refractivity contribution is -0.121. The summed E-state index contributed by atoms with van der Waals surface area (Å²) in [6, 6.07) is 0. The molecule has 0 saturated heterocycles. The number of aliphatic imine (C=N–C) groups is 1. The quantitative estimate of drug-likeness (QED) is 0.264. The average molecular weight is 394 g/mol. The molecule has 4 nitrogen and oxygen atoms in total. The molecule has 1 unspecified atom stereocenters. The topological polar surface area (TPSA) is 53.5 Å². The molecule has 0 radical (unpaired) electrons. The molecule has 0 aliphatic carbocycles. The molecule has 0 bridgehead atoms. The first-order valence-corrected chi connectivity index (χ1v) is 12.3. The molecule has 28 heavy (non-hydrogen) atoms. The van der Waals surface area contributed by atoms with Crippen LogP contribution in [0, 0.1) is 5.92 Å². The highest BCUT2D eigenvalue weighted by molar-refractivity contribution is 5.86. The lowest BCUT2D eigenvalue weighted by Gasteiger charge is -2.13. The third-order valence-electron chi connectivity index (χ3n) is 5.78. The third-order valence-corrected chi connectivity index (χ3v) is 5.78. The second-order valence-corrected chi connectivity index (χ2v) is 8.60. The van der Waals surface area contributed by atoms with E-state index < -0.39 is 0 Å². The Morgan fingerprint density at radius 1 is 0.893 bits per heavy atom. The number of unbranched alkanes of at least 4 members (excludes halogenated alkanes) is 14. The molecule has 1 aliphatic heterocycles. The first-order valence-electron chi connectivity index (χ1n) is 12.3. The van der Waals surface area contributed by atoms with Gasteiger partial charge in [-0.1, -0.05) is 104 Å². The van der Waals surface area contributed by atoms with Gasteiger partial charge in [-0.2, -0.15) is 0 Å². The molecule has 0 saturated carbocycles. The van der Waals surface area contributed by atoms with Crippen molar-refractivity contribution in [2.45, 2.75) is 117 Å². The normalized spacial score (nSPS) is 14.6. The summed E-state index contributed by atoms with van der Waals surface area (Å²) in [5.41, 5.74) is 0. The van der Waals surface area contributed by atoms with E-state index >= 15 is 0 Å². The third kappa shape index (κ3) is 14.0. The maximum Gasteiger partial charge on any atom is 0.220 e. The molecule has 1 heterocycles. The van der Waals surface area contributed by atoms with Crippen molar-refractivity contribution in [2.24, 2.45) is 10.9 Å². The van der Waals surface area contributed by atoms with E-state index in [2.05, 4.69) is 29.5 Å². The van der Waals surface area contributed by atoms with Crippen molar-refractivity contribution in [3.63, 3.8) is 0 Å². The van der Waals surface area contributed by atoms with Gasteiger partial charge in [0.1, 0.15) is 5.84 Å². The van der Waals surface area contributed by atoms with Crippen molar-refractivity contribution in [1.29, 1.82) is 0 Å². The van der Waals surface area contributed by atoms with E-state index in [9.17, 15) is 4.79 Å². The van der Waals surface area contributed by atoms with E-state index in [4.69, 9.17) is 0 Å². The lowest BCUT2D eigenvalue weighted by atomic mass is 10.0. The van der Waals surface area contributed by atoms with Gasteiger partial charge in [-0.15, -0.1) is 0 Å². The Labute approximate surface area is 174 Å². The van der Waals surface area contributed by atoms with Gasteiger partial charge in [0.2, 0.25) is 5.91 Å². The monoisotopic (exact) mass is 393 g/mol. The van der Waals surface area contributed by atoms with Gasteiger partial charge in [-0.05, 0) is 6.42 Å².